The Morgan fingerprint density at radius 2 is 2.09 bits per heavy atom. The highest BCUT2D eigenvalue weighted by atomic mass is 14.4. The molecule has 2 rings (SSSR count). The largest absolute Gasteiger partial charge is 0.0807 e. The first-order valence-electron chi connectivity index (χ1n) is 4.55. The summed E-state index contributed by atoms with van der Waals surface area (Å²) in [6.45, 7) is 6.87. The Morgan fingerprint density at radius 1 is 1.36 bits per heavy atom. The standard InChI is InChI=1S/C11H16/c1-7(2)11-9-4-5-10(11)8(3)6-9/h4-5,8-10H,6H2,1-3H3. The van der Waals surface area contributed by atoms with Crippen molar-refractivity contribution >= 4 is 0 Å². The second kappa shape index (κ2) is 2.23. The maximum atomic E-state index is 2.40. The normalized spacial score (nSPS) is 40.3. The van der Waals surface area contributed by atoms with E-state index in [1.807, 2.05) is 0 Å². The number of hydrogen-bond acceptors (Lipinski definition) is 0. The van der Waals surface area contributed by atoms with Gasteiger partial charge in [0.2, 0.25) is 0 Å². The minimum atomic E-state index is 0.796. The lowest BCUT2D eigenvalue weighted by molar-refractivity contribution is 0.502. The van der Waals surface area contributed by atoms with Crippen LogP contribution in [-0.4, -0.2) is 0 Å². The summed E-state index contributed by atoms with van der Waals surface area (Å²) in [6, 6.07) is 0. The minimum absolute atomic E-state index is 0.796. The van der Waals surface area contributed by atoms with Crippen LogP contribution in [0.25, 0.3) is 0 Å². The summed E-state index contributed by atoms with van der Waals surface area (Å²) in [5.41, 5.74) is 3.27. The van der Waals surface area contributed by atoms with E-state index in [1.165, 1.54) is 6.42 Å². The predicted molar refractivity (Wildman–Crippen MR) is 48.3 cm³/mol. The van der Waals surface area contributed by atoms with E-state index < -0.39 is 0 Å². The van der Waals surface area contributed by atoms with Crippen LogP contribution in [0.5, 0.6) is 0 Å². The molecule has 0 heteroatoms. The molecule has 2 aliphatic carbocycles. The fraction of sp³-hybridized carbons (Fsp3) is 0.636. The topological polar surface area (TPSA) is 0 Å². The van der Waals surface area contributed by atoms with Crippen molar-refractivity contribution in [3.63, 3.8) is 0 Å². The molecule has 2 bridgehead atoms. The summed E-state index contributed by atoms with van der Waals surface area (Å²) >= 11 is 0. The third kappa shape index (κ3) is 0.885. The SMILES string of the molecule is CC(C)=C1C2C=CC1C(C)C2. The van der Waals surface area contributed by atoms with Gasteiger partial charge in [-0.3, -0.25) is 0 Å². The van der Waals surface area contributed by atoms with Crippen molar-refractivity contribution in [1.29, 1.82) is 0 Å². The lowest BCUT2D eigenvalue weighted by Crippen LogP contribution is -2.01. The maximum absolute atomic E-state index is 2.40. The number of rotatable bonds is 0. The molecule has 3 atom stereocenters. The van der Waals surface area contributed by atoms with Gasteiger partial charge in [0.1, 0.15) is 0 Å². The average Bonchev–Trinajstić information content (AvgIpc) is 2.41. The van der Waals surface area contributed by atoms with E-state index in [1.54, 1.807) is 11.1 Å². The van der Waals surface area contributed by atoms with Crippen LogP contribution in [-0.2, 0) is 0 Å². The zero-order valence-corrected chi connectivity index (χ0v) is 7.59. The number of fused-ring (bicyclic) bond motifs is 2. The molecule has 0 N–H and O–H groups in total. The maximum Gasteiger partial charge on any atom is 0.00113 e. The Hall–Kier alpha value is -0.520. The van der Waals surface area contributed by atoms with Crippen LogP contribution in [0.1, 0.15) is 27.2 Å². The zero-order valence-electron chi connectivity index (χ0n) is 7.59. The van der Waals surface area contributed by atoms with E-state index in [9.17, 15) is 0 Å². The van der Waals surface area contributed by atoms with Gasteiger partial charge in [0.25, 0.3) is 0 Å². The van der Waals surface area contributed by atoms with Gasteiger partial charge in [-0.05, 0) is 32.1 Å². The van der Waals surface area contributed by atoms with Crippen LogP contribution < -0.4 is 0 Å². The third-order valence-corrected chi connectivity index (χ3v) is 3.13. The van der Waals surface area contributed by atoms with Crippen molar-refractivity contribution in [3.05, 3.63) is 23.3 Å². The molecule has 0 aromatic rings. The molecule has 0 spiro atoms. The monoisotopic (exact) mass is 148 g/mol. The van der Waals surface area contributed by atoms with Crippen molar-refractivity contribution in [3.8, 4) is 0 Å². The molecule has 0 saturated heterocycles. The highest BCUT2D eigenvalue weighted by molar-refractivity contribution is 5.35. The molecule has 3 unspecified atom stereocenters. The van der Waals surface area contributed by atoms with E-state index in [-0.39, 0.29) is 0 Å². The van der Waals surface area contributed by atoms with E-state index >= 15 is 0 Å². The highest BCUT2D eigenvalue weighted by Gasteiger charge is 2.37. The summed E-state index contributed by atoms with van der Waals surface area (Å²) in [7, 11) is 0. The van der Waals surface area contributed by atoms with Crippen LogP contribution in [0.2, 0.25) is 0 Å². The van der Waals surface area contributed by atoms with Gasteiger partial charge >= 0.3 is 0 Å². The van der Waals surface area contributed by atoms with Gasteiger partial charge in [-0.2, -0.15) is 0 Å². The van der Waals surface area contributed by atoms with Gasteiger partial charge in [0.05, 0.1) is 0 Å². The van der Waals surface area contributed by atoms with Crippen LogP contribution in [0.3, 0.4) is 0 Å². The molecule has 0 amide bonds. The van der Waals surface area contributed by atoms with Crippen LogP contribution >= 0.6 is 0 Å². The fourth-order valence-corrected chi connectivity index (χ4v) is 2.66. The molecule has 0 nitrogen and oxygen atoms in total. The summed E-state index contributed by atoms with van der Waals surface area (Å²) in [6.07, 6.45) is 6.19. The van der Waals surface area contributed by atoms with Gasteiger partial charge in [-0.25, -0.2) is 0 Å². The second-order valence-electron chi connectivity index (χ2n) is 4.19. The molecule has 2 aliphatic rings. The van der Waals surface area contributed by atoms with Crippen molar-refractivity contribution in [2.45, 2.75) is 27.2 Å². The molecule has 0 heterocycles. The molecule has 0 aromatic carbocycles. The predicted octanol–water partition coefficient (Wildman–Crippen LogP) is 3.16. The van der Waals surface area contributed by atoms with E-state index in [4.69, 9.17) is 0 Å². The quantitative estimate of drug-likeness (QED) is 0.463. The van der Waals surface area contributed by atoms with Gasteiger partial charge in [-0.15, -0.1) is 0 Å². The van der Waals surface area contributed by atoms with Crippen molar-refractivity contribution < 1.29 is 0 Å². The molecule has 1 fully saturated rings. The summed E-state index contributed by atoms with van der Waals surface area (Å²) in [4.78, 5) is 0. The molecule has 11 heavy (non-hydrogen) atoms. The Bertz CT molecular complexity index is 228. The van der Waals surface area contributed by atoms with Gasteiger partial charge in [-0.1, -0.05) is 30.2 Å². The highest BCUT2D eigenvalue weighted by Crippen LogP contribution is 2.48. The first-order valence-corrected chi connectivity index (χ1v) is 4.55. The summed E-state index contributed by atoms with van der Waals surface area (Å²) in [5.74, 6) is 2.50. The van der Waals surface area contributed by atoms with Crippen molar-refractivity contribution in [1.82, 2.24) is 0 Å². The summed E-state index contributed by atoms with van der Waals surface area (Å²) in [5, 5.41) is 0. The van der Waals surface area contributed by atoms with Crippen LogP contribution in [0.4, 0.5) is 0 Å². The smallest absolute Gasteiger partial charge is 0.00113 e. The molecule has 0 radical (unpaired) electrons. The van der Waals surface area contributed by atoms with Gasteiger partial charge in [0, 0.05) is 5.92 Å². The molecule has 0 aromatic heterocycles. The van der Waals surface area contributed by atoms with Crippen LogP contribution in [0, 0.1) is 17.8 Å². The minimum Gasteiger partial charge on any atom is -0.0807 e. The second-order valence-corrected chi connectivity index (χ2v) is 4.19. The Balaban J connectivity index is 2.39. The number of allylic oxidation sites excluding steroid dienone is 4. The lowest BCUT2D eigenvalue weighted by Gasteiger charge is -2.10. The third-order valence-electron chi connectivity index (χ3n) is 3.13. The first kappa shape index (κ1) is 7.15. The van der Waals surface area contributed by atoms with Gasteiger partial charge < -0.3 is 0 Å². The molecule has 0 aliphatic heterocycles. The summed E-state index contributed by atoms with van der Waals surface area (Å²) < 4.78 is 0. The van der Waals surface area contributed by atoms with E-state index in [0.717, 1.165) is 17.8 Å². The average molecular weight is 148 g/mol. The van der Waals surface area contributed by atoms with E-state index in [0.29, 0.717) is 0 Å². The van der Waals surface area contributed by atoms with Crippen LogP contribution in [0.15, 0.2) is 23.3 Å². The van der Waals surface area contributed by atoms with Crippen molar-refractivity contribution in [2.24, 2.45) is 17.8 Å². The molecular formula is C11H16. The Morgan fingerprint density at radius 3 is 2.36 bits per heavy atom. The molecular weight excluding hydrogens is 132 g/mol. The Labute approximate surface area is 69.0 Å². The lowest BCUT2D eigenvalue weighted by atomic mass is 9.94. The Kier molecular flexibility index (Phi) is 1.45. The molecule has 60 valence electrons. The first-order chi connectivity index (χ1) is 5.20. The van der Waals surface area contributed by atoms with Crippen molar-refractivity contribution in [2.75, 3.05) is 0 Å². The number of hydrogen-bond donors (Lipinski definition) is 0. The van der Waals surface area contributed by atoms with E-state index in [2.05, 4.69) is 32.9 Å². The zero-order chi connectivity index (χ0) is 8.01. The molecule has 1 saturated carbocycles. The fourth-order valence-electron chi connectivity index (χ4n) is 2.66. The van der Waals surface area contributed by atoms with Gasteiger partial charge in [0.15, 0.2) is 0 Å².